The van der Waals surface area contributed by atoms with Crippen molar-refractivity contribution in [2.24, 2.45) is 5.73 Å². The zero-order chi connectivity index (χ0) is 18.4. The van der Waals surface area contributed by atoms with E-state index >= 15 is 0 Å². The quantitative estimate of drug-likeness (QED) is 0.623. The second-order valence-corrected chi connectivity index (χ2v) is 6.67. The predicted octanol–water partition coefficient (Wildman–Crippen LogP) is 3.38. The first-order valence-electron chi connectivity index (χ1n) is 9.18. The number of benzene rings is 2. The standard InChI is InChI=1S/C22H26BN2O/c1-2-20(15-16-24)23-25-17-9-14-21(25)22(26,18-10-5-3-6-11-18)19-12-7-4-8-13-19/h2-8,10-13,15-16,21,26H,9,14,17,24H2,1H3/b16-15-,20-2+. The number of hydrogen-bond acceptors (Lipinski definition) is 3. The largest absolute Gasteiger partial charge is 0.405 e. The van der Waals surface area contributed by atoms with E-state index in [1.54, 1.807) is 6.20 Å². The van der Waals surface area contributed by atoms with Crippen LogP contribution in [0.2, 0.25) is 0 Å². The highest BCUT2D eigenvalue weighted by Crippen LogP contribution is 2.40. The van der Waals surface area contributed by atoms with Crippen LogP contribution < -0.4 is 5.73 Å². The van der Waals surface area contributed by atoms with E-state index in [2.05, 4.69) is 12.2 Å². The van der Waals surface area contributed by atoms with E-state index in [9.17, 15) is 5.11 Å². The van der Waals surface area contributed by atoms with Gasteiger partial charge >= 0.3 is 0 Å². The summed E-state index contributed by atoms with van der Waals surface area (Å²) in [6.07, 6.45) is 7.45. The molecule has 2 aromatic carbocycles. The van der Waals surface area contributed by atoms with E-state index in [1.807, 2.05) is 79.7 Å². The smallest absolute Gasteiger partial charge is 0.247 e. The van der Waals surface area contributed by atoms with Gasteiger partial charge in [-0.3, -0.25) is 0 Å². The van der Waals surface area contributed by atoms with Crippen LogP contribution in [-0.4, -0.2) is 29.9 Å². The molecule has 0 aromatic heterocycles. The van der Waals surface area contributed by atoms with E-state index in [0.29, 0.717) is 0 Å². The van der Waals surface area contributed by atoms with Crippen molar-refractivity contribution in [1.29, 1.82) is 0 Å². The average molecular weight is 345 g/mol. The van der Waals surface area contributed by atoms with Crippen LogP contribution >= 0.6 is 0 Å². The van der Waals surface area contributed by atoms with Crippen molar-refractivity contribution < 1.29 is 5.11 Å². The highest BCUT2D eigenvalue weighted by atomic mass is 16.3. The molecule has 0 amide bonds. The van der Waals surface area contributed by atoms with Crippen molar-refractivity contribution in [2.45, 2.75) is 31.4 Å². The molecule has 1 fully saturated rings. The lowest BCUT2D eigenvalue weighted by molar-refractivity contribution is 0.0201. The van der Waals surface area contributed by atoms with Crippen LogP contribution in [-0.2, 0) is 5.60 Å². The second-order valence-electron chi connectivity index (χ2n) is 6.67. The molecule has 1 unspecified atom stereocenters. The van der Waals surface area contributed by atoms with Gasteiger partial charge in [0.1, 0.15) is 5.60 Å². The lowest BCUT2D eigenvalue weighted by atomic mass is 9.73. The van der Waals surface area contributed by atoms with Gasteiger partial charge in [0, 0.05) is 6.04 Å². The molecule has 1 atom stereocenters. The first-order valence-corrected chi connectivity index (χ1v) is 9.18. The Labute approximate surface area is 157 Å². The summed E-state index contributed by atoms with van der Waals surface area (Å²) in [5.41, 5.74) is 7.40. The van der Waals surface area contributed by atoms with E-state index in [-0.39, 0.29) is 6.04 Å². The molecule has 0 aliphatic carbocycles. The Morgan fingerprint density at radius 2 is 1.69 bits per heavy atom. The Hall–Kier alpha value is -2.30. The summed E-state index contributed by atoms with van der Waals surface area (Å²) in [5.74, 6) is 0. The second kappa shape index (κ2) is 8.39. The lowest BCUT2D eigenvalue weighted by Gasteiger charge is -2.40. The van der Waals surface area contributed by atoms with Gasteiger partial charge < -0.3 is 15.7 Å². The highest BCUT2D eigenvalue weighted by Gasteiger charge is 2.45. The summed E-state index contributed by atoms with van der Waals surface area (Å²) < 4.78 is 0. The molecule has 1 aliphatic heterocycles. The van der Waals surface area contributed by atoms with Crippen LogP contribution in [0.4, 0.5) is 0 Å². The Morgan fingerprint density at radius 3 is 2.19 bits per heavy atom. The molecule has 1 saturated heterocycles. The third kappa shape index (κ3) is 3.62. The minimum atomic E-state index is -1.07. The number of nitrogens with two attached hydrogens (primary N) is 1. The summed E-state index contributed by atoms with van der Waals surface area (Å²) in [6.45, 7) is 2.92. The van der Waals surface area contributed by atoms with Crippen LogP contribution in [0.1, 0.15) is 30.9 Å². The SMILES string of the molecule is C/C=C([B]N1CCCC1C(O)(c1ccccc1)c1ccccc1)\C=C/N. The van der Waals surface area contributed by atoms with Crippen LogP contribution in [0, 0.1) is 0 Å². The van der Waals surface area contributed by atoms with Gasteiger partial charge in [-0.15, -0.1) is 0 Å². The molecule has 3 rings (SSSR count). The van der Waals surface area contributed by atoms with Crippen LogP contribution in [0.3, 0.4) is 0 Å². The molecule has 1 heterocycles. The molecule has 3 nitrogen and oxygen atoms in total. The van der Waals surface area contributed by atoms with Crippen molar-refractivity contribution in [3.63, 3.8) is 0 Å². The maximum absolute atomic E-state index is 12.0. The molecule has 133 valence electrons. The fourth-order valence-electron chi connectivity index (χ4n) is 3.84. The number of hydrogen-bond donors (Lipinski definition) is 2. The molecule has 0 spiro atoms. The summed E-state index contributed by atoms with van der Waals surface area (Å²) >= 11 is 0. The summed E-state index contributed by atoms with van der Waals surface area (Å²) in [7, 11) is 2.11. The van der Waals surface area contributed by atoms with Crippen LogP contribution in [0.15, 0.2) is 84.5 Å². The van der Waals surface area contributed by atoms with Gasteiger partial charge in [-0.1, -0.05) is 78.3 Å². The molecule has 0 bridgehead atoms. The third-order valence-electron chi connectivity index (χ3n) is 5.14. The molecule has 4 heteroatoms. The number of nitrogens with zero attached hydrogens (tertiary/aromatic N) is 1. The van der Waals surface area contributed by atoms with E-state index in [1.165, 1.54) is 0 Å². The summed E-state index contributed by atoms with van der Waals surface area (Å²) in [6, 6.07) is 19.9. The minimum Gasteiger partial charge on any atom is -0.405 e. The van der Waals surface area contributed by atoms with Crippen molar-refractivity contribution in [3.8, 4) is 0 Å². The van der Waals surface area contributed by atoms with Crippen molar-refractivity contribution in [1.82, 2.24) is 4.81 Å². The highest BCUT2D eigenvalue weighted by molar-refractivity contribution is 6.43. The Bertz CT molecular complexity index is 719. The lowest BCUT2D eigenvalue weighted by Crippen LogP contribution is -2.50. The monoisotopic (exact) mass is 345 g/mol. The first kappa shape index (κ1) is 18.5. The van der Waals surface area contributed by atoms with Gasteiger partial charge in [0.05, 0.1) is 0 Å². The van der Waals surface area contributed by atoms with Gasteiger partial charge in [0.15, 0.2) is 0 Å². The molecular formula is C22H26BN2O. The Kier molecular flexibility index (Phi) is 5.97. The number of rotatable bonds is 6. The van der Waals surface area contributed by atoms with Gasteiger partial charge in [-0.2, -0.15) is 0 Å². The van der Waals surface area contributed by atoms with Crippen molar-refractivity contribution >= 4 is 7.41 Å². The molecule has 0 saturated carbocycles. The summed E-state index contributed by atoms with van der Waals surface area (Å²) in [5, 5.41) is 12.0. The normalized spacial score (nSPS) is 19.2. The predicted molar refractivity (Wildman–Crippen MR) is 108 cm³/mol. The van der Waals surface area contributed by atoms with Crippen molar-refractivity contribution in [2.75, 3.05) is 6.54 Å². The molecule has 3 N–H and O–H groups in total. The topological polar surface area (TPSA) is 49.5 Å². The van der Waals surface area contributed by atoms with E-state index < -0.39 is 5.60 Å². The molecule has 2 aromatic rings. The Balaban J connectivity index is 2.02. The first-order chi connectivity index (χ1) is 12.7. The molecule has 1 radical (unpaired) electrons. The van der Waals surface area contributed by atoms with E-state index in [0.717, 1.165) is 36.0 Å². The summed E-state index contributed by atoms with van der Waals surface area (Å²) in [4.78, 5) is 2.26. The Morgan fingerprint density at radius 1 is 1.12 bits per heavy atom. The van der Waals surface area contributed by atoms with Gasteiger partial charge in [-0.05, 0) is 43.6 Å². The molecule has 26 heavy (non-hydrogen) atoms. The van der Waals surface area contributed by atoms with Crippen molar-refractivity contribution in [3.05, 3.63) is 95.6 Å². The third-order valence-corrected chi connectivity index (χ3v) is 5.14. The number of aliphatic hydroxyl groups is 1. The van der Waals surface area contributed by atoms with Crippen LogP contribution in [0.25, 0.3) is 0 Å². The maximum Gasteiger partial charge on any atom is 0.247 e. The van der Waals surface area contributed by atoms with Crippen LogP contribution in [0.5, 0.6) is 0 Å². The minimum absolute atomic E-state index is 0.0339. The number of allylic oxidation sites excluding steroid dienone is 3. The fraction of sp³-hybridized carbons (Fsp3) is 0.273. The van der Waals surface area contributed by atoms with Gasteiger partial charge in [0.2, 0.25) is 7.41 Å². The van der Waals surface area contributed by atoms with Gasteiger partial charge in [-0.25, -0.2) is 0 Å². The van der Waals surface area contributed by atoms with Gasteiger partial charge in [0.25, 0.3) is 0 Å². The molecule has 1 aliphatic rings. The zero-order valence-corrected chi connectivity index (χ0v) is 15.3. The fourth-order valence-corrected chi connectivity index (χ4v) is 3.84. The zero-order valence-electron chi connectivity index (χ0n) is 15.3. The van der Waals surface area contributed by atoms with E-state index in [4.69, 9.17) is 5.73 Å². The maximum atomic E-state index is 12.0. The average Bonchev–Trinajstić information content (AvgIpc) is 3.17. The molecular weight excluding hydrogens is 319 g/mol.